The van der Waals surface area contributed by atoms with E-state index < -0.39 is 0 Å². The maximum absolute atomic E-state index is 12.2. The number of nitrogens with one attached hydrogen (secondary N) is 2. The number of aromatic amines is 1. The number of benzene rings is 1. The van der Waals surface area contributed by atoms with Gasteiger partial charge in [-0.1, -0.05) is 25.1 Å². The van der Waals surface area contributed by atoms with E-state index in [1.807, 2.05) is 36.7 Å². The zero-order valence-corrected chi connectivity index (χ0v) is 12.5. The number of fused-ring (bicyclic) bond motifs is 1. The number of hydrogen-bond donors (Lipinski definition) is 2. The van der Waals surface area contributed by atoms with Crippen LogP contribution in [-0.4, -0.2) is 32.2 Å². The molecule has 0 atom stereocenters. The number of para-hydroxylation sites is 1. The van der Waals surface area contributed by atoms with Gasteiger partial charge in [-0.15, -0.1) is 0 Å². The molecule has 6 nitrogen and oxygen atoms in total. The summed E-state index contributed by atoms with van der Waals surface area (Å²) >= 11 is 0. The molecule has 0 fully saturated rings. The van der Waals surface area contributed by atoms with Gasteiger partial charge in [0.2, 0.25) is 0 Å². The molecule has 3 aromatic rings. The Labute approximate surface area is 128 Å². The number of aromatic nitrogens is 4. The predicted octanol–water partition coefficient (Wildman–Crippen LogP) is 2.14. The quantitative estimate of drug-likeness (QED) is 0.684. The highest BCUT2D eigenvalue weighted by Crippen LogP contribution is 2.14. The zero-order chi connectivity index (χ0) is 15.4. The second kappa shape index (κ2) is 6.43. The molecule has 2 aromatic heterocycles. The minimum Gasteiger partial charge on any atom is -0.351 e. The molecule has 3 rings (SSSR count). The molecule has 0 radical (unpaired) electrons. The fourth-order valence-electron chi connectivity index (χ4n) is 2.53. The molecule has 22 heavy (non-hydrogen) atoms. The van der Waals surface area contributed by atoms with E-state index in [4.69, 9.17) is 0 Å². The second-order valence-corrected chi connectivity index (χ2v) is 5.12. The first-order valence-corrected chi connectivity index (χ1v) is 7.51. The van der Waals surface area contributed by atoms with Crippen molar-refractivity contribution in [1.82, 2.24) is 25.1 Å². The molecule has 0 spiro atoms. The Morgan fingerprint density at radius 3 is 3.09 bits per heavy atom. The SMILES string of the molecule is CCc1nccn1CCCNC(=O)c1n[nH]c2ccccc12. The van der Waals surface area contributed by atoms with Crippen molar-refractivity contribution in [3.63, 3.8) is 0 Å². The summed E-state index contributed by atoms with van der Waals surface area (Å²) < 4.78 is 2.12. The van der Waals surface area contributed by atoms with Crippen LogP contribution in [0.2, 0.25) is 0 Å². The van der Waals surface area contributed by atoms with Crippen LogP contribution >= 0.6 is 0 Å². The van der Waals surface area contributed by atoms with Gasteiger partial charge in [-0.2, -0.15) is 5.10 Å². The van der Waals surface area contributed by atoms with Gasteiger partial charge in [-0.3, -0.25) is 9.89 Å². The molecule has 6 heteroatoms. The molecule has 1 amide bonds. The van der Waals surface area contributed by atoms with Gasteiger partial charge in [-0.25, -0.2) is 4.98 Å². The number of H-pyrrole nitrogens is 1. The Morgan fingerprint density at radius 2 is 2.23 bits per heavy atom. The molecule has 114 valence electrons. The Morgan fingerprint density at radius 1 is 1.36 bits per heavy atom. The molecule has 1 aromatic carbocycles. The molecule has 0 unspecified atom stereocenters. The van der Waals surface area contributed by atoms with Crippen LogP contribution in [0.25, 0.3) is 10.9 Å². The van der Waals surface area contributed by atoms with Crippen LogP contribution in [0.3, 0.4) is 0 Å². The third-order valence-corrected chi connectivity index (χ3v) is 3.66. The number of imidazole rings is 1. The third kappa shape index (κ3) is 2.86. The van der Waals surface area contributed by atoms with Crippen LogP contribution in [-0.2, 0) is 13.0 Å². The van der Waals surface area contributed by atoms with E-state index in [0.717, 1.165) is 36.1 Å². The van der Waals surface area contributed by atoms with Crippen LogP contribution in [0.5, 0.6) is 0 Å². The van der Waals surface area contributed by atoms with Crippen LogP contribution in [0.1, 0.15) is 29.7 Å². The highest BCUT2D eigenvalue weighted by Gasteiger charge is 2.12. The molecule has 2 N–H and O–H groups in total. The minimum atomic E-state index is -0.140. The highest BCUT2D eigenvalue weighted by molar-refractivity contribution is 6.04. The average molecular weight is 297 g/mol. The predicted molar refractivity (Wildman–Crippen MR) is 84.6 cm³/mol. The Kier molecular flexibility index (Phi) is 4.18. The van der Waals surface area contributed by atoms with Crippen molar-refractivity contribution in [2.24, 2.45) is 0 Å². The lowest BCUT2D eigenvalue weighted by atomic mass is 10.2. The first-order chi connectivity index (χ1) is 10.8. The normalized spacial score (nSPS) is 11.0. The number of aryl methyl sites for hydroxylation is 2. The second-order valence-electron chi connectivity index (χ2n) is 5.12. The number of carbonyl (C=O) groups excluding carboxylic acids is 1. The molecule has 0 saturated carbocycles. The summed E-state index contributed by atoms with van der Waals surface area (Å²) in [6, 6.07) is 7.62. The highest BCUT2D eigenvalue weighted by atomic mass is 16.1. The molecular formula is C16H19N5O. The summed E-state index contributed by atoms with van der Waals surface area (Å²) in [7, 11) is 0. The van der Waals surface area contributed by atoms with Gasteiger partial charge in [0.15, 0.2) is 5.69 Å². The third-order valence-electron chi connectivity index (χ3n) is 3.66. The number of carbonyl (C=O) groups is 1. The van der Waals surface area contributed by atoms with Gasteiger partial charge < -0.3 is 9.88 Å². The number of rotatable bonds is 6. The zero-order valence-electron chi connectivity index (χ0n) is 12.5. The van der Waals surface area contributed by atoms with Gasteiger partial charge in [0.05, 0.1) is 5.52 Å². The van der Waals surface area contributed by atoms with E-state index >= 15 is 0 Å². The molecule has 0 aliphatic carbocycles. The monoisotopic (exact) mass is 297 g/mol. The first kappa shape index (κ1) is 14.3. The lowest BCUT2D eigenvalue weighted by Crippen LogP contribution is -2.25. The van der Waals surface area contributed by atoms with Gasteiger partial charge in [0.25, 0.3) is 5.91 Å². The van der Waals surface area contributed by atoms with Crippen molar-refractivity contribution in [1.29, 1.82) is 0 Å². The fourth-order valence-corrected chi connectivity index (χ4v) is 2.53. The number of amides is 1. The van der Waals surface area contributed by atoms with Crippen LogP contribution in [0.4, 0.5) is 0 Å². The summed E-state index contributed by atoms with van der Waals surface area (Å²) in [4.78, 5) is 16.5. The van der Waals surface area contributed by atoms with Crippen molar-refractivity contribution in [2.45, 2.75) is 26.3 Å². The topological polar surface area (TPSA) is 75.6 Å². The molecule has 0 aliphatic rings. The van der Waals surface area contributed by atoms with Gasteiger partial charge in [0, 0.05) is 37.3 Å². The lowest BCUT2D eigenvalue weighted by molar-refractivity contribution is 0.0949. The Balaban J connectivity index is 1.54. The summed E-state index contributed by atoms with van der Waals surface area (Å²) in [6.07, 6.45) is 5.56. The molecule has 2 heterocycles. The Bertz CT molecular complexity index is 774. The van der Waals surface area contributed by atoms with Crippen molar-refractivity contribution >= 4 is 16.8 Å². The van der Waals surface area contributed by atoms with Crippen molar-refractivity contribution < 1.29 is 4.79 Å². The van der Waals surface area contributed by atoms with E-state index in [1.165, 1.54) is 0 Å². The minimum absolute atomic E-state index is 0.140. The van der Waals surface area contributed by atoms with E-state index in [9.17, 15) is 4.79 Å². The van der Waals surface area contributed by atoms with E-state index in [2.05, 4.69) is 32.0 Å². The number of hydrogen-bond acceptors (Lipinski definition) is 3. The van der Waals surface area contributed by atoms with E-state index in [0.29, 0.717) is 12.2 Å². The van der Waals surface area contributed by atoms with Crippen LogP contribution < -0.4 is 5.32 Å². The molecule has 0 aliphatic heterocycles. The van der Waals surface area contributed by atoms with Crippen molar-refractivity contribution in [2.75, 3.05) is 6.54 Å². The summed E-state index contributed by atoms with van der Waals surface area (Å²) in [5.74, 6) is 0.934. The Hall–Kier alpha value is -2.63. The standard InChI is InChI=1S/C16H19N5O/c1-2-14-17-9-11-21(14)10-5-8-18-16(22)15-12-6-3-4-7-13(12)19-20-15/h3-4,6-7,9,11H,2,5,8,10H2,1H3,(H,18,22)(H,19,20). The lowest BCUT2D eigenvalue weighted by Gasteiger charge is -2.07. The summed E-state index contributed by atoms with van der Waals surface area (Å²) in [6.45, 7) is 3.55. The fraction of sp³-hybridized carbons (Fsp3) is 0.312. The molecule has 0 saturated heterocycles. The average Bonchev–Trinajstić information content (AvgIpc) is 3.17. The molecule has 0 bridgehead atoms. The van der Waals surface area contributed by atoms with Crippen LogP contribution in [0, 0.1) is 0 Å². The first-order valence-electron chi connectivity index (χ1n) is 7.51. The van der Waals surface area contributed by atoms with Gasteiger partial charge in [0.1, 0.15) is 5.82 Å². The largest absolute Gasteiger partial charge is 0.351 e. The molecular weight excluding hydrogens is 278 g/mol. The summed E-state index contributed by atoms with van der Waals surface area (Å²) in [5, 5.41) is 10.7. The number of nitrogens with zero attached hydrogens (tertiary/aromatic N) is 3. The summed E-state index contributed by atoms with van der Waals surface area (Å²) in [5.41, 5.74) is 1.33. The van der Waals surface area contributed by atoms with Crippen molar-refractivity contribution in [3.05, 3.63) is 48.2 Å². The smallest absolute Gasteiger partial charge is 0.272 e. The maximum Gasteiger partial charge on any atom is 0.272 e. The van der Waals surface area contributed by atoms with E-state index in [-0.39, 0.29) is 5.91 Å². The van der Waals surface area contributed by atoms with Gasteiger partial charge in [-0.05, 0) is 12.5 Å². The maximum atomic E-state index is 12.2. The van der Waals surface area contributed by atoms with Crippen LogP contribution in [0.15, 0.2) is 36.7 Å². The van der Waals surface area contributed by atoms with E-state index in [1.54, 1.807) is 0 Å². The van der Waals surface area contributed by atoms with Crippen molar-refractivity contribution in [3.8, 4) is 0 Å². The van der Waals surface area contributed by atoms with Gasteiger partial charge >= 0.3 is 0 Å².